The second-order valence-electron chi connectivity index (χ2n) is 8.11. The number of nitriles is 1. The summed E-state index contributed by atoms with van der Waals surface area (Å²) in [4.78, 5) is 12.7. The first-order valence-corrected chi connectivity index (χ1v) is 12.3. The van der Waals surface area contributed by atoms with Gasteiger partial charge < -0.3 is 5.32 Å². The summed E-state index contributed by atoms with van der Waals surface area (Å²) in [5, 5.41) is 12.5. The molecule has 1 atom stereocenters. The largest absolute Gasteiger partial charge is 0.334 e. The number of rotatable bonds is 5. The maximum absolute atomic E-state index is 14.1. The van der Waals surface area contributed by atoms with Crippen LogP contribution in [0.25, 0.3) is 11.1 Å². The summed E-state index contributed by atoms with van der Waals surface area (Å²) in [7, 11) is -4.05. The third-order valence-electron chi connectivity index (χ3n) is 5.82. The zero-order valence-electron chi connectivity index (χ0n) is 18.1. The third-order valence-corrected chi connectivity index (χ3v) is 8.51. The van der Waals surface area contributed by atoms with Crippen LogP contribution in [0.15, 0.2) is 77.7 Å². The smallest absolute Gasteiger partial charge is 0.319 e. The molecule has 3 aromatic carbocycles. The second kappa shape index (κ2) is 8.54. The van der Waals surface area contributed by atoms with Gasteiger partial charge in [0.05, 0.1) is 23.1 Å². The molecule has 1 unspecified atom stereocenters. The number of amides is 2. The number of carbonyl (C=O) groups is 1. The van der Waals surface area contributed by atoms with Crippen LogP contribution in [0.5, 0.6) is 0 Å². The normalized spacial score (nSPS) is 18.3. The van der Waals surface area contributed by atoms with E-state index in [9.17, 15) is 18.5 Å². The van der Waals surface area contributed by atoms with Crippen LogP contribution in [0, 0.1) is 11.3 Å². The summed E-state index contributed by atoms with van der Waals surface area (Å²) in [6, 6.07) is 21.3. The van der Waals surface area contributed by atoms with Gasteiger partial charge in [0.15, 0.2) is 4.87 Å². The standard InChI is InChI=1S/C25H22ClN3O3S/c1-17(2)29-24(30)28-16-25(29,33(31,32)21-9-4-3-5-10-21)20-8-6-7-19(14-20)22-13-18(15-27)11-12-23(22)26/h3-14,17H,16H2,1-2H3,(H,28,30). The van der Waals surface area contributed by atoms with Gasteiger partial charge in [-0.05, 0) is 61.4 Å². The average Bonchev–Trinajstić information content (AvgIpc) is 3.19. The molecule has 1 fully saturated rings. The van der Waals surface area contributed by atoms with Crippen molar-refractivity contribution in [1.29, 1.82) is 5.26 Å². The molecular weight excluding hydrogens is 458 g/mol. The summed E-state index contributed by atoms with van der Waals surface area (Å²) >= 11 is 6.42. The lowest BCUT2D eigenvalue weighted by Crippen LogP contribution is -2.53. The first-order valence-electron chi connectivity index (χ1n) is 10.4. The molecule has 0 aromatic heterocycles. The van der Waals surface area contributed by atoms with Gasteiger partial charge >= 0.3 is 6.03 Å². The molecule has 168 valence electrons. The second-order valence-corrected chi connectivity index (χ2v) is 10.7. The van der Waals surface area contributed by atoms with Gasteiger partial charge in [-0.15, -0.1) is 0 Å². The Bertz CT molecular complexity index is 1370. The van der Waals surface area contributed by atoms with E-state index in [1.54, 1.807) is 74.5 Å². The van der Waals surface area contributed by atoms with E-state index in [-0.39, 0.29) is 17.5 Å². The van der Waals surface area contributed by atoms with Crippen molar-refractivity contribution in [2.24, 2.45) is 0 Å². The van der Waals surface area contributed by atoms with Crippen molar-refractivity contribution < 1.29 is 13.2 Å². The number of halogens is 1. The molecule has 0 spiro atoms. The van der Waals surface area contributed by atoms with E-state index < -0.39 is 20.7 Å². The Kier molecular flexibility index (Phi) is 5.91. The maximum Gasteiger partial charge on any atom is 0.319 e. The van der Waals surface area contributed by atoms with Crippen LogP contribution in [0.1, 0.15) is 25.0 Å². The Balaban J connectivity index is 1.99. The van der Waals surface area contributed by atoms with Gasteiger partial charge in [0.25, 0.3) is 0 Å². The minimum atomic E-state index is -4.05. The first kappa shape index (κ1) is 22.8. The van der Waals surface area contributed by atoms with E-state index in [4.69, 9.17) is 11.6 Å². The summed E-state index contributed by atoms with van der Waals surface area (Å²) < 4.78 is 28.3. The molecule has 1 heterocycles. The Labute approximate surface area is 198 Å². The van der Waals surface area contributed by atoms with Crippen LogP contribution in [-0.4, -0.2) is 31.9 Å². The lowest BCUT2D eigenvalue weighted by atomic mass is 9.97. The number of urea groups is 1. The maximum atomic E-state index is 14.1. The highest BCUT2D eigenvalue weighted by atomic mass is 35.5. The van der Waals surface area contributed by atoms with E-state index in [2.05, 4.69) is 11.4 Å². The van der Waals surface area contributed by atoms with Crippen molar-refractivity contribution >= 4 is 27.5 Å². The number of benzene rings is 3. The predicted molar refractivity (Wildman–Crippen MR) is 127 cm³/mol. The van der Waals surface area contributed by atoms with E-state index in [1.165, 1.54) is 17.0 Å². The van der Waals surface area contributed by atoms with Gasteiger partial charge in [0, 0.05) is 16.6 Å². The molecular formula is C25H22ClN3O3S. The van der Waals surface area contributed by atoms with Crippen LogP contribution >= 0.6 is 11.6 Å². The summed E-state index contributed by atoms with van der Waals surface area (Å²) in [5.41, 5.74) is 2.14. The summed E-state index contributed by atoms with van der Waals surface area (Å²) in [5.74, 6) is 0. The highest BCUT2D eigenvalue weighted by molar-refractivity contribution is 7.92. The highest BCUT2D eigenvalue weighted by Gasteiger charge is 2.58. The number of sulfone groups is 1. The predicted octanol–water partition coefficient (Wildman–Crippen LogP) is 4.94. The molecule has 3 aromatic rings. The zero-order chi connectivity index (χ0) is 23.8. The molecule has 1 saturated heterocycles. The van der Waals surface area contributed by atoms with Gasteiger partial charge in [-0.3, -0.25) is 4.90 Å². The zero-order valence-corrected chi connectivity index (χ0v) is 19.7. The summed E-state index contributed by atoms with van der Waals surface area (Å²) in [6.07, 6.45) is 0. The average molecular weight is 480 g/mol. The minimum Gasteiger partial charge on any atom is -0.334 e. The topological polar surface area (TPSA) is 90.3 Å². The van der Waals surface area contributed by atoms with Gasteiger partial charge in [-0.2, -0.15) is 5.26 Å². The molecule has 0 aliphatic carbocycles. The lowest BCUT2D eigenvalue weighted by molar-refractivity contribution is 0.170. The van der Waals surface area contributed by atoms with E-state index >= 15 is 0 Å². The molecule has 1 N–H and O–H groups in total. The van der Waals surface area contributed by atoms with Crippen molar-refractivity contribution in [3.63, 3.8) is 0 Å². The highest BCUT2D eigenvalue weighted by Crippen LogP contribution is 2.44. The fourth-order valence-corrected chi connectivity index (χ4v) is 6.73. The Morgan fingerprint density at radius 2 is 1.79 bits per heavy atom. The minimum absolute atomic E-state index is 0.101. The molecule has 33 heavy (non-hydrogen) atoms. The molecule has 1 aliphatic rings. The Morgan fingerprint density at radius 1 is 1.06 bits per heavy atom. The summed E-state index contributed by atoms with van der Waals surface area (Å²) in [6.45, 7) is 3.48. The van der Waals surface area contributed by atoms with Crippen molar-refractivity contribution in [2.45, 2.75) is 29.7 Å². The van der Waals surface area contributed by atoms with Crippen molar-refractivity contribution in [3.05, 3.63) is 88.9 Å². The van der Waals surface area contributed by atoms with Crippen LogP contribution < -0.4 is 5.32 Å². The van der Waals surface area contributed by atoms with E-state index in [0.717, 1.165) is 0 Å². The molecule has 8 heteroatoms. The van der Waals surface area contributed by atoms with Crippen LogP contribution in [0.2, 0.25) is 5.02 Å². The van der Waals surface area contributed by atoms with Crippen LogP contribution in [0.4, 0.5) is 4.79 Å². The van der Waals surface area contributed by atoms with Crippen LogP contribution in [-0.2, 0) is 14.7 Å². The van der Waals surface area contributed by atoms with Gasteiger partial charge in [0.1, 0.15) is 0 Å². The quantitative estimate of drug-likeness (QED) is 0.561. The third kappa shape index (κ3) is 3.65. The SMILES string of the molecule is CC(C)N1C(=O)NCC1(c1cccc(-c2cc(C#N)ccc2Cl)c1)S(=O)(=O)c1ccccc1. The number of nitrogens with one attached hydrogen (secondary N) is 1. The molecule has 0 radical (unpaired) electrons. The number of hydrogen-bond acceptors (Lipinski definition) is 4. The van der Waals surface area contributed by atoms with Crippen molar-refractivity contribution in [2.75, 3.05) is 6.54 Å². The number of hydrogen-bond donors (Lipinski definition) is 1. The van der Waals surface area contributed by atoms with E-state index in [0.29, 0.717) is 27.3 Å². The molecule has 1 aliphatic heterocycles. The Hall–Kier alpha value is -3.34. The molecule has 4 rings (SSSR count). The van der Waals surface area contributed by atoms with Gasteiger partial charge in [-0.25, -0.2) is 13.2 Å². The Morgan fingerprint density at radius 3 is 2.45 bits per heavy atom. The molecule has 0 bridgehead atoms. The molecule has 6 nitrogen and oxygen atoms in total. The van der Waals surface area contributed by atoms with Gasteiger partial charge in [0.2, 0.25) is 9.84 Å². The first-order chi connectivity index (χ1) is 15.7. The van der Waals surface area contributed by atoms with Gasteiger partial charge in [-0.1, -0.05) is 48.0 Å². The fraction of sp³-hybridized carbons (Fsp3) is 0.200. The molecule has 2 amide bonds. The molecule has 0 saturated carbocycles. The van der Waals surface area contributed by atoms with E-state index in [1.807, 2.05) is 0 Å². The number of nitrogens with zero attached hydrogens (tertiary/aromatic N) is 2. The number of carbonyl (C=O) groups excluding carboxylic acids is 1. The fourth-order valence-electron chi connectivity index (χ4n) is 4.34. The lowest BCUT2D eigenvalue weighted by Gasteiger charge is -2.39. The van der Waals surface area contributed by atoms with Crippen LogP contribution in [0.3, 0.4) is 0 Å². The van der Waals surface area contributed by atoms with Crippen molar-refractivity contribution in [1.82, 2.24) is 10.2 Å². The van der Waals surface area contributed by atoms with Crippen molar-refractivity contribution in [3.8, 4) is 17.2 Å². The monoisotopic (exact) mass is 479 g/mol.